The van der Waals surface area contributed by atoms with Crippen molar-refractivity contribution < 1.29 is 9.59 Å². The zero-order chi connectivity index (χ0) is 15.7. The second kappa shape index (κ2) is 5.86. The molecular formula is C14H20N6O2. The Labute approximate surface area is 128 Å². The third kappa shape index (κ3) is 2.86. The van der Waals surface area contributed by atoms with E-state index in [1.807, 2.05) is 18.5 Å². The van der Waals surface area contributed by atoms with Crippen LogP contribution in [-0.4, -0.2) is 50.3 Å². The molecule has 0 unspecified atom stereocenters. The topological polar surface area (TPSA) is 92.5 Å². The largest absolute Gasteiger partial charge is 0.335 e. The Hall–Kier alpha value is -2.25. The average molecular weight is 304 g/mol. The summed E-state index contributed by atoms with van der Waals surface area (Å²) < 4.78 is 1.92. The van der Waals surface area contributed by atoms with Crippen LogP contribution in [0.2, 0.25) is 0 Å². The van der Waals surface area contributed by atoms with E-state index in [0.29, 0.717) is 25.1 Å². The van der Waals surface area contributed by atoms with Gasteiger partial charge in [0, 0.05) is 25.9 Å². The van der Waals surface area contributed by atoms with Crippen LogP contribution in [-0.2, 0) is 9.59 Å². The van der Waals surface area contributed by atoms with Gasteiger partial charge in [0.05, 0.1) is 6.04 Å². The summed E-state index contributed by atoms with van der Waals surface area (Å²) in [6, 6.07) is 0.151. The number of likely N-dealkylation sites (tertiary alicyclic amines) is 1. The van der Waals surface area contributed by atoms with Crippen molar-refractivity contribution in [2.24, 2.45) is 5.10 Å². The Bertz CT molecular complexity index is 635. The van der Waals surface area contributed by atoms with Gasteiger partial charge in [-0.05, 0) is 26.7 Å². The maximum Gasteiger partial charge on any atom is 0.270 e. The second-order valence-electron chi connectivity index (χ2n) is 5.79. The number of hydrogen-bond donors (Lipinski definition) is 1. The number of carbonyl (C=O) groups is 2. The van der Waals surface area contributed by atoms with Gasteiger partial charge in [-0.25, -0.2) is 15.1 Å². The van der Waals surface area contributed by atoms with Gasteiger partial charge >= 0.3 is 0 Å². The molecule has 8 heteroatoms. The van der Waals surface area contributed by atoms with E-state index in [1.165, 1.54) is 0 Å². The molecule has 2 aliphatic rings. The summed E-state index contributed by atoms with van der Waals surface area (Å²) in [6.07, 6.45) is 2.64. The van der Waals surface area contributed by atoms with Crippen molar-refractivity contribution in [1.82, 2.24) is 25.1 Å². The fraction of sp³-hybridized carbons (Fsp3) is 0.643. The Kier molecular flexibility index (Phi) is 3.91. The molecule has 22 heavy (non-hydrogen) atoms. The predicted molar refractivity (Wildman–Crippen MR) is 79.2 cm³/mol. The first-order chi connectivity index (χ1) is 10.5. The first-order valence-corrected chi connectivity index (χ1v) is 7.59. The molecule has 3 rings (SSSR count). The maximum absolute atomic E-state index is 12.5. The van der Waals surface area contributed by atoms with Crippen molar-refractivity contribution in [3.8, 4) is 0 Å². The smallest absolute Gasteiger partial charge is 0.270 e. The number of hydrazone groups is 1. The molecule has 1 saturated heterocycles. The quantitative estimate of drug-likeness (QED) is 0.852. The Morgan fingerprint density at radius 2 is 2.14 bits per heavy atom. The summed E-state index contributed by atoms with van der Waals surface area (Å²) in [4.78, 5) is 29.8. The SMILES string of the molecule is Cc1nc(C)n([C@H]2CCCN(C(=O)C3=NNC(=O)CC3)C2)n1. The highest BCUT2D eigenvalue weighted by Crippen LogP contribution is 2.22. The Morgan fingerprint density at radius 3 is 2.77 bits per heavy atom. The van der Waals surface area contributed by atoms with Crippen molar-refractivity contribution in [3.05, 3.63) is 11.6 Å². The molecule has 3 heterocycles. The maximum atomic E-state index is 12.5. The van der Waals surface area contributed by atoms with E-state index in [1.54, 1.807) is 4.90 Å². The molecule has 1 atom stereocenters. The number of carbonyl (C=O) groups excluding carboxylic acids is 2. The summed E-state index contributed by atoms with van der Waals surface area (Å²) in [7, 11) is 0. The normalized spacial score (nSPS) is 22.3. The predicted octanol–water partition coefficient (Wildman–Crippen LogP) is 0.324. The highest BCUT2D eigenvalue weighted by molar-refractivity contribution is 6.39. The van der Waals surface area contributed by atoms with Gasteiger partial charge < -0.3 is 4.90 Å². The molecule has 2 amide bonds. The molecule has 1 aromatic rings. The van der Waals surface area contributed by atoms with E-state index in [9.17, 15) is 9.59 Å². The van der Waals surface area contributed by atoms with Crippen LogP contribution in [0.4, 0.5) is 0 Å². The molecule has 1 fully saturated rings. The van der Waals surface area contributed by atoms with Crippen LogP contribution in [0.25, 0.3) is 0 Å². The molecule has 0 aliphatic carbocycles. The molecular weight excluding hydrogens is 284 g/mol. The molecule has 0 spiro atoms. The highest BCUT2D eigenvalue weighted by atomic mass is 16.2. The van der Waals surface area contributed by atoms with E-state index in [-0.39, 0.29) is 17.9 Å². The highest BCUT2D eigenvalue weighted by Gasteiger charge is 2.30. The lowest BCUT2D eigenvalue weighted by Gasteiger charge is -2.33. The van der Waals surface area contributed by atoms with Gasteiger partial charge in [0.1, 0.15) is 17.4 Å². The van der Waals surface area contributed by atoms with Crippen LogP contribution in [0.5, 0.6) is 0 Å². The standard InChI is InChI=1S/C14H20N6O2/c1-9-15-10(2)20(18-9)11-4-3-7-19(8-11)14(22)12-5-6-13(21)17-16-12/h11H,3-8H2,1-2H3,(H,17,21)/t11-/m0/s1. The minimum absolute atomic E-state index is 0.0841. The second-order valence-corrected chi connectivity index (χ2v) is 5.79. The van der Waals surface area contributed by atoms with Crippen molar-refractivity contribution in [2.75, 3.05) is 13.1 Å². The summed E-state index contributed by atoms with van der Waals surface area (Å²) in [5.74, 6) is 1.40. The van der Waals surface area contributed by atoms with Crippen LogP contribution in [0.15, 0.2) is 5.10 Å². The molecule has 0 saturated carbocycles. The van der Waals surface area contributed by atoms with Gasteiger partial charge in [-0.15, -0.1) is 0 Å². The molecule has 2 aliphatic heterocycles. The van der Waals surface area contributed by atoms with E-state index >= 15 is 0 Å². The number of piperidine rings is 1. The van der Waals surface area contributed by atoms with E-state index in [4.69, 9.17) is 0 Å². The fourth-order valence-corrected chi connectivity index (χ4v) is 3.03. The Morgan fingerprint density at radius 1 is 1.32 bits per heavy atom. The molecule has 1 aromatic heterocycles. The van der Waals surface area contributed by atoms with E-state index in [2.05, 4.69) is 20.6 Å². The van der Waals surface area contributed by atoms with Crippen LogP contribution < -0.4 is 5.43 Å². The van der Waals surface area contributed by atoms with Crippen LogP contribution in [0.1, 0.15) is 43.4 Å². The molecule has 0 aromatic carbocycles. The van der Waals surface area contributed by atoms with Crippen molar-refractivity contribution in [2.45, 2.75) is 45.6 Å². The van der Waals surface area contributed by atoms with E-state index in [0.717, 1.165) is 31.0 Å². The molecule has 0 bridgehead atoms. The number of aryl methyl sites for hydroxylation is 2. The van der Waals surface area contributed by atoms with Crippen molar-refractivity contribution >= 4 is 17.5 Å². The third-order valence-corrected chi connectivity index (χ3v) is 4.09. The van der Waals surface area contributed by atoms with Gasteiger partial charge in [0.2, 0.25) is 5.91 Å². The number of amides is 2. The van der Waals surface area contributed by atoms with Gasteiger partial charge in [-0.1, -0.05) is 0 Å². The summed E-state index contributed by atoms with van der Waals surface area (Å²) in [5.41, 5.74) is 2.82. The summed E-state index contributed by atoms with van der Waals surface area (Å²) in [5, 5.41) is 8.33. The molecule has 8 nitrogen and oxygen atoms in total. The van der Waals surface area contributed by atoms with Gasteiger partial charge in [0.15, 0.2) is 0 Å². The van der Waals surface area contributed by atoms with Gasteiger partial charge in [-0.3, -0.25) is 9.59 Å². The van der Waals surface area contributed by atoms with Crippen molar-refractivity contribution in [3.63, 3.8) is 0 Å². The summed E-state index contributed by atoms with van der Waals surface area (Å²) >= 11 is 0. The summed E-state index contributed by atoms with van der Waals surface area (Å²) in [6.45, 7) is 5.13. The third-order valence-electron chi connectivity index (χ3n) is 4.09. The minimum atomic E-state index is -0.137. The van der Waals surface area contributed by atoms with Crippen molar-refractivity contribution in [1.29, 1.82) is 0 Å². The monoisotopic (exact) mass is 304 g/mol. The lowest BCUT2D eigenvalue weighted by atomic mass is 10.0. The molecule has 1 N–H and O–H groups in total. The number of rotatable bonds is 2. The number of aromatic nitrogens is 3. The zero-order valence-electron chi connectivity index (χ0n) is 12.9. The minimum Gasteiger partial charge on any atom is -0.335 e. The lowest BCUT2D eigenvalue weighted by Crippen LogP contribution is -2.45. The van der Waals surface area contributed by atoms with Gasteiger partial charge in [0.25, 0.3) is 5.91 Å². The number of hydrogen-bond acceptors (Lipinski definition) is 5. The van der Waals surface area contributed by atoms with Crippen LogP contribution in [0, 0.1) is 13.8 Å². The van der Waals surface area contributed by atoms with Crippen LogP contribution in [0.3, 0.4) is 0 Å². The Balaban J connectivity index is 1.72. The molecule has 118 valence electrons. The fourth-order valence-electron chi connectivity index (χ4n) is 3.03. The first-order valence-electron chi connectivity index (χ1n) is 7.59. The van der Waals surface area contributed by atoms with Crippen LogP contribution >= 0.6 is 0 Å². The average Bonchev–Trinajstić information content (AvgIpc) is 2.86. The zero-order valence-corrected chi connectivity index (χ0v) is 12.9. The lowest BCUT2D eigenvalue weighted by molar-refractivity contribution is -0.126. The first kappa shape index (κ1) is 14.7. The molecule has 0 radical (unpaired) electrons. The number of nitrogens with zero attached hydrogens (tertiary/aromatic N) is 5. The number of nitrogens with one attached hydrogen (secondary N) is 1. The van der Waals surface area contributed by atoms with Gasteiger partial charge in [-0.2, -0.15) is 10.2 Å². The van der Waals surface area contributed by atoms with E-state index < -0.39 is 0 Å².